The molecular formula is C25H18F4N6O4. The van der Waals surface area contributed by atoms with Crippen LogP contribution < -0.4 is 4.90 Å². The van der Waals surface area contributed by atoms with Crippen LogP contribution in [0.2, 0.25) is 0 Å². The highest BCUT2D eigenvalue weighted by Gasteiger charge is 2.38. The number of carbonyl (C=O) groups excluding carboxylic acids is 1. The van der Waals surface area contributed by atoms with Gasteiger partial charge in [0.05, 0.1) is 17.3 Å². The van der Waals surface area contributed by atoms with E-state index >= 15 is 0 Å². The van der Waals surface area contributed by atoms with E-state index < -0.39 is 34.5 Å². The highest BCUT2D eigenvalue weighted by atomic mass is 19.4. The lowest BCUT2D eigenvalue weighted by Crippen LogP contribution is -2.49. The number of hydrogen-bond donors (Lipinski definition) is 0. The Balaban J connectivity index is 1.54. The molecule has 4 aromatic rings. The Bertz CT molecular complexity index is 1520. The molecule has 0 spiro atoms. The van der Waals surface area contributed by atoms with Crippen molar-refractivity contribution in [2.75, 3.05) is 31.1 Å². The second-order valence-corrected chi connectivity index (χ2v) is 8.51. The van der Waals surface area contributed by atoms with E-state index in [1.54, 1.807) is 4.90 Å². The van der Waals surface area contributed by atoms with Crippen LogP contribution in [0.4, 0.5) is 29.3 Å². The molecule has 1 amide bonds. The molecule has 14 heteroatoms. The molecular weight excluding hydrogens is 524 g/mol. The number of nitro groups is 1. The van der Waals surface area contributed by atoms with Gasteiger partial charge in [-0.05, 0) is 35.9 Å². The smallest absolute Gasteiger partial charge is 0.395 e. The van der Waals surface area contributed by atoms with E-state index in [-0.39, 0.29) is 49.0 Å². The minimum atomic E-state index is -4.86. The number of furan rings is 1. The number of aromatic nitrogens is 3. The van der Waals surface area contributed by atoms with Crippen molar-refractivity contribution in [1.29, 1.82) is 0 Å². The zero-order valence-corrected chi connectivity index (χ0v) is 19.9. The molecule has 0 saturated carbocycles. The summed E-state index contributed by atoms with van der Waals surface area (Å²) in [6, 6.07) is 10.5. The molecule has 3 aromatic heterocycles. The predicted molar refractivity (Wildman–Crippen MR) is 129 cm³/mol. The van der Waals surface area contributed by atoms with E-state index in [0.717, 1.165) is 6.07 Å². The minimum Gasteiger partial charge on any atom is -0.395 e. The largest absolute Gasteiger partial charge is 0.451 e. The van der Waals surface area contributed by atoms with Crippen molar-refractivity contribution in [2.24, 2.45) is 0 Å². The molecule has 1 aliphatic heterocycles. The van der Waals surface area contributed by atoms with Gasteiger partial charge in [-0.2, -0.15) is 13.2 Å². The number of rotatable bonds is 5. The first-order chi connectivity index (χ1) is 18.6. The number of hydrogen-bond acceptors (Lipinski definition) is 8. The zero-order valence-electron chi connectivity index (χ0n) is 19.9. The third kappa shape index (κ3) is 5.26. The van der Waals surface area contributed by atoms with Crippen molar-refractivity contribution >= 4 is 17.6 Å². The van der Waals surface area contributed by atoms with E-state index in [1.165, 1.54) is 59.8 Å². The Morgan fingerprint density at radius 2 is 1.59 bits per heavy atom. The predicted octanol–water partition coefficient (Wildman–Crippen LogP) is 4.83. The fourth-order valence-corrected chi connectivity index (χ4v) is 4.22. The summed E-state index contributed by atoms with van der Waals surface area (Å²) in [5, 5.41) is 10.9. The molecule has 1 aromatic carbocycles. The lowest BCUT2D eigenvalue weighted by Gasteiger charge is -2.36. The highest BCUT2D eigenvalue weighted by molar-refractivity contribution is 5.92. The summed E-state index contributed by atoms with van der Waals surface area (Å²) in [6.07, 6.45) is -2.02. The number of carbonyl (C=O) groups is 1. The molecule has 0 atom stereocenters. The number of pyridine rings is 1. The quantitative estimate of drug-likeness (QED) is 0.200. The molecule has 0 aliphatic carbocycles. The van der Waals surface area contributed by atoms with E-state index in [9.17, 15) is 32.5 Å². The van der Waals surface area contributed by atoms with Crippen molar-refractivity contribution in [1.82, 2.24) is 19.9 Å². The van der Waals surface area contributed by atoms with Gasteiger partial charge in [-0.15, -0.1) is 0 Å². The van der Waals surface area contributed by atoms with Crippen molar-refractivity contribution < 1.29 is 31.7 Å². The van der Waals surface area contributed by atoms with Gasteiger partial charge in [0.25, 0.3) is 5.91 Å². The Hall–Kier alpha value is -4.88. The first-order valence-corrected chi connectivity index (χ1v) is 11.6. The molecule has 10 nitrogen and oxygen atoms in total. The third-order valence-corrected chi connectivity index (χ3v) is 6.08. The van der Waals surface area contributed by atoms with Gasteiger partial charge in [0.2, 0.25) is 5.82 Å². The second-order valence-electron chi connectivity index (χ2n) is 8.51. The van der Waals surface area contributed by atoms with Crippen LogP contribution in [0.15, 0.2) is 65.3 Å². The fraction of sp³-hybridized carbons (Fsp3) is 0.200. The average molecular weight is 542 g/mol. The summed E-state index contributed by atoms with van der Waals surface area (Å²) in [4.78, 5) is 37.5. The van der Waals surface area contributed by atoms with Crippen LogP contribution >= 0.6 is 0 Å². The number of halogens is 4. The first-order valence-electron chi connectivity index (χ1n) is 11.6. The molecule has 0 N–H and O–H groups in total. The normalized spacial score (nSPS) is 13.9. The number of nitrogens with zero attached hydrogens (tertiary/aromatic N) is 6. The van der Waals surface area contributed by atoms with E-state index in [2.05, 4.69) is 15.0 Å². The summed E-state index contributed by atoms with van der Waals surface area (Å²) in [7, 11) is 0. The van der Waals surface area contributed by atoms with E-state index in [4.69, 9.17) is 4.42 Å². The topological polar surface area (TPSA) is 118 Å². The Kier molecular flexibility index (Phi) is 6.68. The van der Waals surface area contributed by atoms with Gasteiger partial charge in [-0.3, -0.25) is 19.9 Å². The van der Waals surface area contributed by atoms with Gasteiger partial charge in [0, 0.05) is 44.1 Å². The van der Waals surface area contributed by atoms with Crippen molar-refractivity contribution in [3.63, 3.8) is 0 Å². The number of amides is 1. The summed E-state index contributed by atoms with van der Waals surface area (Å²) in [5.41, 5.74) is 0.999. The minimum absolute atomic E-state index is 0.0114. The van der Waals surface area contributed by atoms with Gasteiger partial charge >= 0.3 is 12.1 Å². The third-order valence-electron chi connectivity index (χ3n) is 6.08. The molecule has 5 rings (SSSR count). The SMILES string of the molecule is O=C(c1ccc([N+](=O)[O-])o1)N1CCN(c2nc(C(F)(F)F)nc(-c3ccncc3)c2-c2ccc(F)cc2)CC1. The lowest BCUT2D eigenvalue weighted by atomic mass is 9.99. The van der Waals surface area contributed by atoms with Gasteiger partial charge in [0.1, 0.15) is 16.6 Å². The molecule has 200 valence electrons. The summed E-state index contributed by atoms with van der Waals surface area (Å²) in [6.45, 7) is 0.331. The lowest BCUT2D eigenvalue weighted by molar-refractivity contribution is -0.402. The first kappa shape index (κ1) is 25.8. The van der Waals surface area contributed by atoms with Gasteiger partial charge in [-0.1, -0.05) is 12.1 Å². The zero-order chi connectivity index (χ0) is 27.7. The van der Waals surface area contributed by atoms with Crippen LogP contribution in [-0.4, -0.2) is 56.9 Å². The fourth-order valence-electron chi connectivity index (χ4n) is 4.22. The number of anilines is 1. The van der Waals surface area contributed by atoms with Crippen LogP contribution in [0.5, 0.6) is 0 Å². The van der Waals surface area contributed by atoms with E-state index in [1.807, 2.05) is 0 Å². The molecule has 1 fully saturated rings. The maximum absolute atomic E-state index is 13.9. The van der Waals surface area contributed by atoms with Crippen LogP contribution in [0.3, 0.4) is 0 Å². The van der Waals surface area contributed by atoms with Crippen LogP contribution in [0.25, 0.3) is 22.4 Å². The monoisotopic (exact) mass is 542 g/mol. The Morgan fingerprint density at radius 3 is 2.18 bits per heavy atom. The summed E-state index contributed by atoms with van der Waals surface area (Å²) >= 11 is 0. The van der Waals surface area contributed by atoms with Crippen LogP contribution in [-0.2, 0) is 6.18 Å². The maximum Gasteiger partial charge on any atom is 0.451 e. The Morgan fingerprint density at radius 1 is 0.923 bits per heavy atom. The maximum atomic E-state index is 13.9. The molecule has 1 saturated heterocycles. The van der Waals surface area contributed by atoms with Gasteiger partial charge < -0.3 is 14.2 Å². The van der Waals surface area contributed by atoms with Crippen molar-refractivity contribution in [3.05, 3.63) is 88.4 Å². The molecule has 4 heterocycles. The summed E-state index contributed by atoms with van der Waals surface area (Å²) in [5.74, 6) is -3.29. The standard InChI is InChI=1S/C25H18F4N6O4/c26-17-3-1-15(2-4-17)20-21(16-7-9-30-10-8-16)31-24(25(27,28)29)32-22(20)33-11-13-34(14-12-33)23(36)18-5-6-19(39-18)35(37)38/h1-10H,11-14H2. The van der Waals surface area contributed by atoms with E-state index in [0.29, 0.717) is 11.1 Å². The van der Waals surface area contributed by atoms with Crippen molar-refractivity contribution in [2.45, 2.75) is 6.18 Å². The van der Waals surface area contributed by atoms with Gasteiger partial charge in [-0.25, -0.2) is 14.4 Å². The van der Waals surface area contributed by atoms with Crippen LogP contribution in [0, 0.1) is 15.9 Å². The number of alkyl halides is 3. The molecule has 1 aliphatic rings. The molecule has 0 radical (unpaired) electrons. The molecule has 0 bridgehead atoms. The summed E-state index contributed by atoms with van der Waals surface area (Å²) < 4.78 is 60.5. The number of piperazine rings is 1. The second kappa shape index (κ2) is 10.1. The van der Waals surface area contributed by atoms with Crippen LogP contribution in [0.1, 0.15) is 16.4 Å². The number of benzene rings is 1. The van der Waals surface area contributed by atoms with Crippen molar-refractivity contribution in [3.8, 4) is 22.4 Å². The molecule has 0 unspecified atom stereocenters. The molecule has 39 heavy (non-hydrogen) atoms. The average Bonchev–Trinajstić information content (AvgIpc) is 3.44. The Labute approximate surface area is 217 Å². The highest BCUT2D eigenvalue weighted by Crippen LogP contribution is 2.40. The van der Waals surface area contributed by atoms with Gasteiger partial charge in [0.15, 0.2) is 5.76 Å².